The second kappa shape index (κ2) is 8.61. The number of nitrogens with one attached hydrogen (secondary N) is 1. The molecule has 1 aliphatic carbocycles. The standard InChI is InChI=1S/C20H30N2O4S/c1-15(14-27(24,25)19-7-5-18(26-2)6-8-19)20(23)22-11-9-17(10-12-22)21-13-16-3-4-16/h5-8,15-17,21H,3-4,9-14H2,1-2H3. The lowest BCUT2D eigenvalue weighted by Gasteiger charge is -2.34. The number of nitrogens with zero attached hydrogens (tertiary/aromatic N) is 1. The van der Waals surface area contributed by atoms with Crippen LogP contribution >= 0.6 is 0 Å². The van der Waals surface area contributed by atoms with Crippen LogP contribution in [0.1, 0.15) is 32.6 Å². The Hall–Kier alpha value is -1.60. The van der Waals surface area contributed by atoms with Crippen LogP contribution in [0.2, 0.25) is 0 Å². The molecule has 1 saturated heterocycles. The first-order valence-corrected chi connectivity index (χ1v) is 11.4. The number of likely N-dealkylation sites (tertiary alicyclic amines) is 1. The zero-order chi connectivity index (χ0) is 19.4. The molecule has 1 unspecified atom stereocenters. The molecule has 150 valence electrons. The molecular formula is C20H30N2O4S. The molecule has 7 heteroatoms. The number of piperidine rings is 1. The van der Waals surface area contributed by atoms with Gasteiger partial charge in [-0.15, -0.1) is 0 Å². The summed E-state index contributed by atoms with van der Waals surface area (Å²) in [6.07, 6.45) is 4.56. The van der Waals surface area contributed by atoms with Crippen LogP contribution in [0.25, 0.3) is 0 Å². The van der Waals surface area contributed by atoms with Crippen molar-refractivity contribution in [2.45, 2.75) is 43.5 Å². The summed E-state index contributed by atoms with van der Waals surface area (Å²) >= 11 is 0. The van der Waals surface area contributed by atoms with Gasteiger partial charge in [0, 0.05) is 25.0 Å². The van der Waals surface area contributed by atoms with E-state index in [1.807, 2.05) is 4.90 Å². The zero-order valence-corrected chi connectivity index (χ0v) is 17.0. The molecule has 0 spiro atoms. The number of methoxy groups -OCH3 is 1. The molecule has 1 amide bonds. The van der Waals surface area contributed by atoms with Gasteiger partial charge in [0.05, 0.1) is 17.8 Å². The quantitative estimate of drug-likeness (QED) is 0.731. The van der Waals surface area contributed by atoms with Crippen molar-refractivity contribution in [1.82, 2.24) is 10.2 Å². The lowest BCUT2D eigenvalue weighted by Crippen LogP contribution is -2.47. The first-order chi connectivity index (χ1) is 12.9. The van der Waals surface area contributed by atoms with E-state index in [4.69, 9.17) is 4.74 Å². The Balaban J connectivity index is 1.50. The van der Waals surface area contributed by atoms with E-state index in [2.05, 4.69) is 5.32 Å². The summed E-state index contributed by atoms with van der Waals surface area (Å²) < 4.78 is 30.3. The third-order valence-corrected chi connectivity index (χ3v) is 7.44. The van der Waals surface area contributed by atoms with Gasteiger partial charge in [-0.2, -0.15) is 0 Å². The minimum absolute atomic E-state index is 0.0623. The van der Waals surface area contributed by atoms with Crippen LogP contribution < -0.4 is 10.1 Å². The van der Waals surface area contributed by atoms with Crippen molar-refractivity contribution in [3.8, 4) is 5.75 Å². The molecule has 1 atom stereocenters. The highest BCUT2D eigenvalue weighted by atomic mass is 32.2. The van der Waals surface area contributed by atoms with Gasteiger partial charge >= 0.3 is 0 Å². The van der Waals surface area contributed by atoms with Crippen molar-refractivity contribution in [2.24, 2.45) is 11.8 Å². The second-order valence-electron chi connectivity index (χ2n) is 7.81. The monoisotopic (exact) mass is 394 g/mol. The van der Waals surface area contributed by atoms with E-state index in [1.165, 1.54) is 32.1 Å². The van der Waals surface area contributed by atoms with Crippen molar-refractivity contribution >= 4 is 15.7 Å². The first-order valence-electron chi connectivity index (χ1n) is 9.78. The number of carbonyl (C=O) groups is 1. The zero-order valence-electron chi connectivity index (χ0n) is 16.2. The van der Waals surface area contributed by atoms with Crippen molar-refractivity contribution in [3.05, 3.63) is 24.3 Å². The SMILES string of the molecule is COc1ccc(S(=O)(=O)CC(C)C(=O)N2CCC(NCC3CC3)CC2)cc1. The van der Waals surface area contributed by atoms with E-state index in [-0.39, 0.29) is 16.6 Å². The minimum atomic E-state index is -3.51. The topological polar surface area (TPSA) is 75.7 Å². The molecule has 6 nitrogen and oxygen atoms in total. The van der Waals surface area contributed by atoms with Gasteiger partial charge in [-0.1, -0.05) is 6.92 Å². The molecule has 0 bridgehead atoms. The van der Waals surface area contributed by atoms with Gasteiger partial charge in [0.25, 0.3) is 0 Å². The largest absolute Gasteiger partial charge is 0.497 e. The highest BCUT2D eigenvalue weighted by Crippen LogP contribution is 2.28. The third-order valence-electron chi connectivity index (χ3n) is 5.51. The summed E-state index contributed by atoms with van der Waals surface area (Å²) in [6, 6.07) is 6.79. The Morgan fingerprint density at radius 1 is 1.19 bits per heavy atom. The summed E-state index contributed by atoms with van der Waals surface area (Å²) in [4.78, 5) is 14.8. The Labute approximate surface area is 162 Å². The Morgan fingerprint density at radius 3 is 2.37 bits per heavy atom. The average molecular weight is 395 g/mol. The van der Waals surface area contributed by atoms with Crippen LogP contribution in [0.5, 0.6) is 5.75 Å². The highest BCUT2D eigenvalue weighted by molar-refractivity contribution is 7.91. The molecule has 1 heterocycles. The van der Waals surface area contributed by atoms with Crippen LogP contribution in [0.3, 0.4) is 0 Å². The van der Waals surface area contributed by atoms with Crippen molar-refractivity contribution in [1.29, 1.82) is 0 Å². The number of ether oxygens (including phenoxy) is 1. The smallest absolute Gasteiger partial charge is 0.226 e. The molecule has 3 rings (SSSR count). The molecule has 1 aromatic carbocycles. The fourth-order valence-electron chi connectivity index (χ4n) is 3.55. The molecule has 2 fully saturated rings. The van der Waals surface area contributed by atoms with Crippen LogP contribution in [-0.2, 0) is 14.6 Å². The van der Waals surface area contributed by atoms with Crippen LogP contribution in [-0.4, -0.2) is 57.8 Å². The molecule has 0 radical (unpaired) electrons. The average Bonchev–Trinajstić information content (AvgIpc) is 3.50. The van der Waals surface area contributed by atoms with Gasteiger partial charge in [-0.3, -0.25) is 4.79 Å². The fourth-order valence-corrected chi connectivity index (χ4v) is 5.09. The molecule has 1 aliphatic heterocycles. The number of amides is 1. The molecule has 27 heavy (non-hydrogen) atoms. The maximum Gasteiger partial charge on any atom is 0.226 e. The lowest BCUT2D eigenvalue weighted by molar-refractivity contribution is -0.135. The lowest BCUT2D eigenvalue weighted by atomic mass is 10.0. The van der Waals surface area contributed by atoms with Crippen molar-refractivity contribution in [2.75, 3.05) is 32.5 Å². The molecule has 1 saturated carbocycles. The summed E-state index contributed by atoms with van der Waals surface area (Å²) in [5, 5.41) is 3.60. The van der Waals surface area contributed by atoms with E-state index in [1.54, 1.807) is 19.1 Å². The highest BCUT2D eigenvalue weighted by Gasteiger charge is 2.30. The number of carbonyl (C=O) groups excluding carboxylic acids is 1. The van der Waals surface area contributed by atoms with Gasteiger partial charge < -0.3 is 15.0 Å². The number of rotatable bonds is 8. The summed E-state index contributed by atoms with van der Waals surface area (Å²) in [6.45, 7) is 4.21. The molecular weight excluding hydrogens is 364 g/mol. The molecule has 1 aromatic rings. The van der Waals surface area contributed by atoms with Crippen molar-refractivity contribution in [3.63, 3.8) is 0 Å². The van der Waals surface area contributed by atoms with Crippen molar-refractivity contribution < 1.29 is 17.9 Å². The first kappa shape index (κ1) is 20.1. The number of sulfone groups is 1. The van der Waals surface area contributed by atoms with E-state index in [0.717, 1.165) is 25.3 Å². The van der Waals surface area contributed by atoms with Gasteiger partial charge in [0.2, 0.25) is 5.91 Å². The predicted octanol–water partition coefficient (Wildman–Crippen LogP) is 2.10. The number of hydrogen-bond acceptors (Lipinski definition) is 5. The van der Waals surface area contributed by atoms with Gasteiger partial charge in [-0.05, 0) is 62.4 Å². The Bertz CT molecular complexity index is 736. The van der Waals surface area contributed by atoms with Crippen LogP contribution in [0, 0.1) is 11.8 Å². The maximum absolute atomic E-state index is 12.7. The van der Waals surface area contributed by atoms with E-state index < -0.39 is 15.8 Å². The fraction of sp³-hybridized carbons (Fsp3) is 0.650. The number of hydrogen-bond donors (Lipinski definition) is 1. The molecule has 2 aliphatic rings. The summed E-state index contributed by atoms with van der Waals surface area (Å²) in [5.41, 5.74) is 0. The summed E-state index contributed by atoms with van der Waals surface area (Å²) in [7, 11) is -1.97. The maximum atomic E-state index is 12.7. The molecule has 0 aromatic heterocycles. The Kier molecular flexibility index (Phi) is 6.42. The second-order valence-corrected chi connectivity index (χ2v) is 9.84. The van der Waals surface area contributed by atoms with E-state index in [0.29, 0.717) is 24.9 Å². The third kappa shape index (κ3) is 5.45. The minimum Gasteiger partial charge on any atom is -0.497 e. The normalized spacial score (nSPS) is 19.7. The van der Waals surface area contributed by atoms with Crippen LogP contribution in [0.4, 0.5) is 0 Å². The molecule has 1 N–H and O–H groups in total. The Morgan fingerprint density at radius 2 is 1.81 bits per heavy atom. The van der Waals surface area contributed by atoms with Gasteiger partial charge in [0.1, 0.15) is 5.75 Å². The number of benzene rings is 1. The van der Waals surface area contributed by atoms with Gasteiger partial charge in [0.15, 0.2) is 9.84 Å². The predicted molar refractivity (Wildman–Crippen MR) is 105 cm³/mol. The van der Waals surface area contributed by atoms with Gasteiger partial charge in [-0.25, -0.2) is 8.42 Å². The van der Waals surface area contributed by atoms with Crippen LogP contribution in [0.15, 0.2) is 29.2 Å². The summed E-state index contributed by atoms with van der Waals surface area (Å²) in [5.74, 6) is 0.683. The van der Waals surface area contributed by atoms with E-state index >= 15 is 0 Å². The van der Waals surface area contributed by atoms with E-state index in [9.17, 15) is 13.2 Å².